The number of rotatable bonds is 3. The van der Waals surface area contributed by atoms with Crippen molar-refractivity contribution in [1.29, 1.82) is 0 Å². The van der Waals surface area contributed by atoms with Crippen molar-refractivity contribution in [2.75, 3.05) is 6.61 Å². The largest absolute Gasteiger partial charge is 0.460 e. The molecule has 3 rings (SSSR count). The fourth-order valence-corrected chi connectivity index (χ4v) is 3.64. The third kappa shape index (κ3) is 4.05. The second-order valence-corrected chi connectivity index (χ2v) is 9.08. The Balaban J connectivity index is 1.79. The fourth-order valence-electron chi connectivity index (χ4n) is 3.64. The van der Waals surface area contributed by atoms with Crippen LogP contribution in [0, 0.1) is 0 Å². The molecule has 5 atom stereocenters. The number of fused-ring (bicyclic) bond motifs is 1. The summed E-state index contributed by atoms with van der Waals surface area (Å²) < 4.78 is 34.5. The maximum Gasteiger partial charge on any atom is 0.311 e. The molecule has 150 valence electrons. The number of hydrogen-bond donors (Lipinski definition) is 1. The molecule has 0 amide bonds. The number of carbonyl (C=O) groups excluding carboxylic acids is 1. The average Bonchev–Trinajstić information content (AvgIpc) is 2.99. The highest BCUT2D eigenvalue weighted by molar-refractivity contribution is 5.71. The number of aliphatic hydroxyl groups is 1. The Morgan fingerprint density at radius 2 is 1.69 bits per heavy atom. The molecular formula is C18H30O8. The summed E-state index contributed by atoms with van der Waals surface area (Å²) >= 11 is 0. The molecular weight excluding hydrogens is 344 g/mol. The molecule has 0 aromatic rings. The first-order valence-corrected chi connectivity index (χ1v) is 8.99. The van der Waals surface area contributed by atoms with Crippen LogP contribution in [0.1, 0.15) is 54.9 Å². The van der Waals surface area contributed by atoms with Gasteiger partial charge in [-0.05, 0) is 48.5 Å². The summed E-state index contributed by atoms with van der Waals surface area (Å²) in [6.45, 7) is 12.7. The number of esters is 1. The molecule has 26 heavy (non-hydrogen) atoms. The lowest BCUT2D eigenvalue weighted by molar-refractivity contribution is -0.287. The van der Waals surface area contributed by atoms with Crippen molar-refractivity contribution < 1.29 is 38.3 Å². The lowest BCUT2D eigenvalue weighted by atomic mass is 10.0. The minimum Gasteiger partial charge on any atom is -0.460 e. The maximum atomic E-state index is 12.3. The summed E-state index contributed by atoms with van der Waals surface area (Å²) in [4.78, 5) is 12.3. The van der Waals surface area contributed by atoms with Gasteiger partial charge in [-0.3, -0.25) is 4.79 Å². The Labute approximate surface area is 154 Å². The van der Waals surface area contributed by atoms with Crippen LogP contribution < -0.4 is 0 Å². The molecule has 0 aromatic heterocycles. The van der Waals surface area contributed by atoms with Crippen molar-refractivity contribution in [3.8, 4) is 0 Å². The van der Waals surface area contributed by atoms with Crippen LogP contribution in [0.4, 0.5) is 0 Å². The van der Waals surface area contributed by atoms with Crippen LogP contribution in [-0.2, 0) is 33.2 Å². The summed E-state index contributed by atoms with van der Waals surface area (Å²) in [7, 11) is 0. The van der Waals surface area contributed by atoms with E-state index in [1.165, 1.54) is 0 Å². The Bertz CT molecular complexity index is 566. The molecule has 3 fully saturated rings. The molecule has 0 aliphatic carbocycles. The van der Waals surface area contributed by atoms with Crippen LogP contribution in [0.25, 0.3) is 0 Å². The predicted molar refractivity (Wildman–Crippen MR) is 89.0 cm³/mol. The zero-order valence-electron chi connectivity index (χ0n) is 16.5. The van der Waals surface area contributed by atoms with Crippen molar-refractivity contribution in [2.45, 2.75) is 102 Å². The number of ether oxygens (including phenoxy) is 6. The summed E-state index contributed by atoms with van der Waals surface area (Å²) in [6, 6.07) is 0. The molecule has 1 N–H and O–H groups in total. The van der Waals surface area contributed by atoms with Crippen molar-refractivity contribution >= 4 is 5.97 Å². The van der Waals surface area contributed by atoms with Crippen molar-refractivity contribution in [1.82, 2.24) is 0 Å². The molecule has 8 heteroatoms. The topological polar surface area (TPSA) is 92.7 Å². The molecule has 0 radical (unpaired) electrons. The van der Waals surface area contributed by atoms with E-state index in [2.05, 4.69) is 0 Å². The van der Waals surface area contributed by atoms with Crippen LogP contribution in [0.3, 0.4) is 0 Å². The van der Waals surface area contributed by atoms with Gasteiger partial charge in [-0.25, -0.2) is 0 Å². The molecule has 0 saturated carbocycles. The smallest absolute Gasteiger partial charge is 0.311 e. The van der Waals surface area contributed by atoms with Crippen LogP contribution in [0.2, 0.25) is 0 Å². The third-order valence-electron chi connectivity index (χ3n) is 4.45. The fraction of sp³-hybridized carbons (Fsp3) is 0.944. The summed E-state index contributed by atoms with van der Waals surface area (Å²) in [5.74, 6) is -4.09. The van der Waals surface area contributed by atoms with Gasteiger partial charge in [-0.1, -0.05) is 0 Å². The molecule has 3 saturated heterocycles. The van der Waals surface area contributed by atoms with Gasteiger partial charge in [-0.2, -0.15) is 0 Å². The normalized spacial score (nSPS) is 41.2. The van der Waals surface area contributed by atoms with E-state index in [1.54, 1.807) is 34.6 Å². The van der Waals surface area contributed by atoms with E-state index in [0.717, 1.165) is 0 Å². The first-order chi connectivity index (χ1) is 11.7. The molecule has 3 aliphatic heterocycles. The minimum absolute atomic E-state index is 0.299. The highest BCUT2D eigenvalue weighted by Crippen LogP contribution is 2.47. The summed E-state index contributed by atoms with van der Waals surface area (Å²) in [5.41, 5.74) is -0.663. The van der Waals surface area contributed by atoms with E-state index < -0.39 is 53.3 Å². The molecule has 3 heterocycles. The van der Waals surface area contributed by atoms with Gasteiger partial charge in [0.25, 0.3) is 0 Å². The van der Waals surface area contributed by atoms with Crippen molar-refractivity contribution in [3.05, 3.63) is 0 Å². The van der Waals surface area contributed by atoms with Gasteiger partial charge >= 0.3 is 5.97 Å². The molecule has 0 bridgehead atoms. The van der Waals surface area contributed by atoms with Gasteiger partial charge < -0.3 is 33.5 Å². The second-order valence-electron chi connectivity index (χ2n) is 9.08. The van der Waals surface area contributed by atoms with Crippen molar-refractivity contribution in [3.63, 3.8) is 0 Å². The first-order valence-electron chi connectivity index (χ1n) is 8.99. The monoisotopic (exact) mass is 374 g/mol. The summed E-state index contributed by atoms with van der Waals surface area (Å²) in [6.07, 6.45) is -2.85. The van der Waals surface area contributed by atoms with E-state index in [1.807, 2.05) is 13.8 Å². The zero-order chi connectivity index (χ0) is 19.5. The highest BCUT2D eigenvalue weighted by atomic mass is 16.8. The number of hydrogen-bond acceptors (Lipinski definition) is 8. The average molecular weight is 374 g/mol. The molecule has 0 aromatic carbocycles. The van der Waals surface area contributed by atoms with Crippen LogP contribution in [0.5, 0.6) is 0 Å². The van der Waals surface area contributed by atoms with Crippen LogP contribution in [0.15, 0.2) is 0 Å². The Morgan fingerprint density at radius 1 is 1.04 bits per heavy atom. The highest BCUT2D eigenvalue weighted by Gasteiger charge is 2.65. The van der Waals surface area contributed by atoms with E-state index in [9.17, 15) is 9.90 Å². The van der Waals surface area contributed by atoms with E-state index in [0.29, 0.717) is 6.61 Å². The summed E-state index contributed by atoms with van der Waals surface area (Å²) in [5, 5.41) is 11.1. The molecule has 3 aliphatic rings. The van der Waals surface area contributed by atoms with Gasteiger partial charge in [0.1, 0.15) is 36.4 Å². The van der Waals surface area contributed by atoms with E-state index in [4.69, 9.17) is 28.4 Å². The molecule has 8 nitrogen and oxygen atoms in total. The number of carbonyl (C=O) groups is 1. The Hall–Kier alpha value is -0.770. The van der Waals surface area contributed by atoms with Gasteiger partial charge in [0.05, 0.1) is 6.61 Å². The standard InChI is InChI=1S/C18H30O8/c1-15(2,3)23-11(19)8-18(20)14-13(24-17(6,7)26-14)12(25-18)10-9-21-16(4,5)22-10/h10,12-14,20H,8-9H2,1-7H3/t10-,12-,13+,14+,18+/m1/s1. The first kappa shape index (κ1) is 20.0. The quantitative estimate of drug-likeness (QED) is 0.743. The SMILES string of the molecule is CC(C)(C)OC(=O)C[C@]1(O)O[C@H]([C@H]2COC(C)(C)O2)[C@@H]2OC(C)(C)O[C@@H]21. The second kappa shape index (κ2) is 6.12. The lowest BCUT2D eigenvalue weighted by Crippen LogP contribution is -2.46. The van der Waals surface area contributed by atoms with Gasteiger partial charge in [0.15, 0.2) is 11.6 Å². The van der Waals surface area contributed by atoms with Gasteiger partial charge in [0.2, 0.25) is 5.79 Å². The predicted octanol–water partition coefficient (Wildman–Crippen LogP) is 1.48. The minimum atomic E-state index is -1.86. The van der Waals surface area contributed by atoms with Crippen LogP contribution in [-0.4, -0.2) is 65.1 Å². The van der Waals surface area contributed by atoms with E-state index >= 15 is 0 Å². The zero-order valence-corrected chi connectivity index (χ0v) is 16.5. The Morgan fingerprint density at radius 3 is 2.23 bits per heavy atom. The maximum absolute atomic E-state index is 12.3. The van der Waals surface area contributed by atoms with Crippen molar-refractivity contribution in [2.24, 2.45) is 0 Å². The third-order valence-corrected chi connectivity index (χ3v) is 4.45. The van der Waals surface area contributed by atoms with E-state index in [-0.39, 0.29) is 6.42 Å². The molecule has 0 spiro atoms. The molecule has 0 unspecified atom stereocenters. The van der Waals surface area contributed by atoms with Crippen LogP contribution >= 0.6 is 0 Å². The lowest BCUT2D eigenvalue weighted by Gasteiger charge is -2.31. The van der Waals surface area contributed by atoms with Gasteiger partial charge in [-0.15, -0.1) is 0 Å². The Kier molecular flexibility index (Phi) is 4.70. The van der Waals surface area contributed by atoms with Gasteiger partial charge in [0, 0.05) is 0 Å².